The maximum atomic E-state index is 13.1. The molecule has 0 aliphatic carbocycles. The number of nitrogens with one attached hydrogen (secondary N) is 1. The third kappa shape index (κ3) is 4.59. The van der Waals surface area contributed by atoms with E-state index < -0.39 is 18.1 Å². The lowest BCUT2D eigenvalue weighted by molar-refractivity contribution is -0.161. The van der Waals surface area contributed by atoms with Crippen LogP contribution in [0.15, 0.2) is 24.3 Å². The van der Waals surface area contributed by atoms with Crippen molar-refractivity contribution in [2.45, 2.75) is 32.3 Å². The highest BCUT2D eigenvalue weighted by Gasteiger charge is 2.42. The van der Waals surface area contributed by atoms with Crippen LogP contribution < -0.4 is 5.32 Å². The second kappa shape index (κ2) is 7.85. The molecule has 1 N–H and O–H groups in total. The number of carbonyl (C=O) groups excluding carboxylic acids is 1. The van der Waals surface area contributed by atoms with E-state index in [1.54, 1.807) is 12.1 Å². The minimum atomic E-state index is -2.68. The Bertz CT molecular complexity index is 813. The molecule has 1 aromatic heterocycles. The van der Waals surface area contributed by atoms with Gasteiger partial charge < -0.3 is 9.64 Å². The van der Waals surface area contributed by atoms with E-state index in [0.29, 0.717) is 11.6 Å². The van der Waals surface area contributed by atoms with Gasteiger partial charge in [-0.15, -0.1) is 11.3 Å². The molecule has 9 heteroatoms. The van der Waals surface area contributed by atoms with Crippen LogP contribution >= 0.6 is 11.3 Å². The Hall–Kier alpha value is -2.13. The number of rotatable bonds is 4. The van der Waals surface area contributed by atoms with E-state index in [0.717, 1.165) is 16.1 Å². The molecule has 0 bridgehead atoms. The zero-order valence-corrected chi connectivity index (χ0v) is 15.8. The van der Waals surface area contributed by atoms with Gasteiger partial charge >= 0.3 is 6.03 Å². The van der Waals surface area contributed by atoms with Crippen molar-refractivity contribution in [1.82, 2.24) is 9.88 Å². The molecular weight excluding hydrogens is 379 g/mol. The van der Waals surface area contributed by atoms with Crippen LogP contribution in [0.25, 0.3) is 0 Å². The van der Waals surface area contributed by atoms with Crippen LogP contribution in [0.5, 0.6) is 0 Å². The maximum absolute atomic E-state index is 13.1. The molecule has 146 valence electrons. The molecule has 0 radical (unpaired) electrons. The summed E-state index contributed by atoms with van der Waals surface area (Å²) in [6, 6.07) is 5.71. The molecule has 2 amide bonds. The van der Waals surface area contributed by atoms with Crippen molar-refractivity contribution in [2.24, 2.45) is 0 Å². The van der Waals surface area contributed by atoms with Gasteiger partial charge in [-0.3, -0.25) is 5.32 Å². The molecule has 5 nitrogen and oxygen atoms in total. The van der Waals surface area contributed by atoms with Gasteiger partial charge in [0.2, 0.25) is 0 Å². The summed E-state index contributed by atoms with van der Waals surface area (Å²) in [5, 5.41) is 3.08. The molecule has 1 aliphatic heterocycles. The number of amides is 2. The average Bonchev–Trinajstić information content (AvgIpc) is 2.96. The van der Waals surface area contributed by atoms with Crippen LogP contribution in [0.2, 0.25) is 0 Å². The first kappa shape index (κ1) is 19.6. The lowest BCUT2D eigenvalue weighted by Crippen LogP contribution is -2.56. The summed E-state index contributed by atoms with van der Waals surface area (Å²) in [6.07, 6.45) is -2.11. The minimum Gasteiger partial charge on any atom is -0.366 e. The van der Waals surface area contributed by atoms with Gasteiger partial charge in [0.1, 0.15) is 11.4 Å². The zero-order valence-electron chi connectivity index (χ0n) is 15.0. The number of urea groups is 1. The number of thiazole rings is 1. The van der Waals surface area contributed by atoms with Gasteiger partial charge in [-0.25, -0.2) is 22.9 Å². The number of aromatic nitrogens is 1. The number of hydrogen-bond donors (Lipinski definition) is 1. The van der Waals surface area contributed by atoms with Gasteiger partial charge in [0, 0.05) is 17.8 Å². The summed E-state index contributed by atoms with van der Waals surface area (Å²) in [7, 11) is 0. The van der Waals surface area contributed by atoms with Crippen molar-refractivity contribution in [3.63, 3.8) is 0 Å². The summed E-state index contributed by atoms with van der Waals surface area (Å²) >= 11 is 1.31. The van der Waals surface area contributed by atoms with E-state index in [9.17, 15) is 18.0 Å². The summed E-state index contributed by atoms with van der Waals surface area (Å²) in [5.41, 5.74) is 0.0307. The third-order valence-electron chi connectivity index (χ3n) is 4.43. The van der Waals surface area contributed by atoms with E-state index in [2.05, 4.69) is 10.3 Å². The number of benzene rings is 1. The Morgan fingerprint density at radius 1 is 1.41 bits per heavy atom. The first-order chi connectivity index (χ1) is 12.8. The molecule has 0 saturated carbocycles. The summed E-state index contributed by atoms with van der Waals surface area (Å²) < 4.78 is 44.4. The van der Waals surface area contributed by atoms with Crippen LogP contribution in [0, 0.1) is 12.7 Å². The van der Waals surface area contributed by atoms with E-state index in [1.165, 1.54) is 35.3 Å². The molecule has 1 aliphatic rings. The minimum absolute atomic E-state index is 0.0565. The molecule has 2 heterocycles. The van der Waals surface area contributed by atoms with E-state index in [4.69, 9.17) is 4.74 Å². The quantitative estimate of drug-likeness (QED) is 0.843. The molecule has 1 saturated heterocycles. The Kier molecular flexibility index (Phi) is 5.71. The van der Waals surface area contributed by atoms with Gasteiger partial charge in [0.05, 0.1) is 18.8 Å². The largest absolute Gasteiger partial charge is 0.366 e. The molecule has 2 aromatic rings. The van der Waals surface area contributed by atoms with Crippen molar-refractivity contribution in [3.05, 3.63) is 46.2 Å². The van der Waals surface area contributed by atoms with E-state index >= 15 is 0 Å². The second-order valence-electron chi connectivity index (χ2n) is 6.64. The first-order valence-electron chi connectivity index (χ1n) is 8.45. The number of halogens is 3. The fourth-order valence-corrected chi connectivity index (χ4v) is 3.79. The molecule has 1 fully saturated rings. The van der Waals surface area contributed by atoms with Crippen molar-refractivity contribution < 1.29 is 22.7 Å². The van der Waals surface area contributed by atoms with E-state index in [1.807, 2.05) is 6.92 Å². The van der Waals surface area contributed by atoms with Crippen LogP contribution in [0.1, 0.15) is 23.1 Å². The lowest BCUT2D eigenvalue weighted by Gasteiger charge is -2.39. The molecular formula is C18H20F3N3O2S. The number of morpholine rings is 1. The van der Waals surface area contributed by atoms with Gasteiger partial charge in [-0.1, -0.05) is 12.1 Å². The normalized spacial score (nSPS) is 20.1. The van der Waals surface area contributed by atoms with Crippen LogP contribution in [0.3, 0.4) is 0 Å². The van der Waals surface area contributed by atoms with E-state index in [-0.39, 0.29) is 25.5 Å². The number of alkyl halides is 2. The average molecular weight is 399 g/mol. The highest BCUT2D eigenvalue weighted by atomic mass is 32.1. The Morgan fingerprint density at radius 2 is 2.11 bits per heavy atom. The molecule has 1 unspecified atom stereocenters. The fourth-order valence-electron chi connectivity index (χ4n) is 2.80. The number of ether oxygens (including phenoxy) is 1. The fraction of sp³-hybridized carbons (Fsp3) is 0.444. The van der Waals surface area contributed by atoms with Crippen LogP contribution in [-0.2, 0) is 11.2 Å². The van der Waals surface area contributed by atoms with Crippen molar-refractivity contribution >= 4 is 22.5 Å². The number of aryl methyl sites for hydroxylation is 1. The third-order valence-corrected chi connectivity index (χ3v) is 5.50. The monoisotopic (exact) mass is 399 g/mol. The van der Waals surface area contributed by atoms with Gasteiger partial charge in [0.15, 0.2) is 5.13 Å². The van der Waals surface area contributed by atoms with Gasteiger partial charge in [-0.05, 0) is 31.5 Å². The van der Waals surface area contributed by atoms with Crippen molar-refractivity contribution in [3.8, 4) is 0 Å². The number of anilines is 1. The maximum Gasteiger partial charge on any atom is 0.323 e. The summed E-state index contributed by atoms with van der Waals surface area (Å²) in [5.74, 6) is -0.297. The number of hydrogen-bond acceptors (Lipinski definition) is 4. The SMILES string of the molecule is Cc1nc(NC(=O)N2CCOC(C)(C(F)F)C2)sc1Cc1ccc(F)cc1. The Balaban J connectivity index is 1.65. The molecule has 1 aromatic carbocycles. The highest BCUT2D eigenvalue weighted by Crippen LogP contribution is 2.28. The Morgan fingerprint density at radius 3 is 2.78 bits per heavy atom. The topological polar surface area (TPSA) is 54.5 Å². The number of nitrogens with zero attached hydrogens (tertiary/aromatic N) is 2. The molecule has 27 heavy (non-hydrogen) atoms. The summed E-state index contributed by atoms with van der Waals surface area (Å²) in [4.78, 5) is 19.0. The predicted octanol–water partition coefficient (Wildman–Crippen LogP) is 4.07. The van der Waals surface area contributed by atoms with Crippen LogP contribution in [0.4, 0.5) is 23.1 Å². The molecule has 1 atom stereocenters. The van der Waals surface area contributed by atoms with Gasteiger partial charge in [0.25, 0.3) is 6.43 Å². The second-order valence-corrected chi connectivity index (χ2v) is 7.73. The Labute approximate surface area is 159 Å². The smallest absolute Gasteiger partial charge is 0.323 e. The van der Waals surface area contributed by atoms with Crippen molar-refractivity contribution in [1.29, 1.82) is 0 Å². The molecule has 0 spiro atoms. The first-order valence-corrected chi connectivity index (χ1v) is 9.27. The summed E-state index contributed by atoms with van der Waals surface area (Å²) in [6.45, 7) is 3.23. The zero-order chi connectivity index (χ0) is 19.6. The van der Waals surface area contributed by atoms with Crippen molar-refractivity contribution in [2.75, 3.05) is 25.0 Å². The standard InChI is InChI=1S/C18H20F3N3O2S/c1-11-14(9-12-3-5-13(19)6-4-12)27-16(22-11)23-17(25)24-7-8-26-18(2,10-24)15(20)21/h3-6,15H,7-10H2,1-2H3,(H,22,23,25). The highest BCUT2D eigenvalue weighted by molar-refractivity contribution is 7.15. The predicted molar refractivity (Wildman–Crippen MR) is 97.0 cm³/mol. The number of carbonyl (C=O) groups is 1. The van der Waals surface area contributed by atoms with Crippen LogP contribution in [-0.4, -0.2) is 47.6 Å². The molecule has 3 rings (SSSR count). The lowest BCUT2D eigenvalue weighted by atomic mass is 10.1. The van der Waals surface area contributed by atoms with Gasteiger partial charge in [-0.2, -0.15) is 0 Å².